The second kappa shape index (κ2) is 10.5. The average molecular weight is 476 g/mol. The van der Waals surface area contributed by atoms with Gasteiger partial charge in [-0.2, -0.15) is 4.31 Å². The summed E-state index contributed by atoms with van der Waals surface area (Å²) in [6.45, 7) is 4.51. The van der Waals surface area contributed by atoms with Crippen LogP contribution in [-0.2, 0) is 16.6 Å². The van der Waals surface area contributed by atoms with Gasteiger partial charge in [0.2, 0.25) is 10.0 Å². The Balaban J connectivity index is 1.70. The van der Waals surface area contributed by atoms with Crippen LogP contribution in [0.1, 0.15) is 36.5 Å². The van der Waals surface area contributed by atoms with E-state index in [2.05, 4.69) is 31.2 Å². The SMILES string of the molecule is CCC1C=C(CN(Cc2ccc(F)cc2)S(=O)(=O)c2ccc(C)cc2)C=C(c2ccccc2)C1. The number of nitrogens with zero attached hydrogens (tertiary/aromatic N) is 1. The normalized spacial score (nSPS) is 16.3. The summed E-state index contributed by atoms with van der Waals surface area (Å²) >= 11 is 0. The van der Waals surface area contributed by atoms with E-state index in [0.29, 0.717) is 5.92 Å². The van der Waals surface area contributed by atoms with Gasteiger partial charge in [-0.3, -0.25) is 0 Å². The minimum atomic E-state index is -3.76. The zero-order valence-corrected chi connectivity index (χ0v) is 20.4. The number of sulfonamides is 1. The van der Waals surface area contributed by atoms with Gasteiger partial charge >= 0.3 is 0 Å². The van der Waals surface area contributed by atoms with Gasteiger partial charge < -0.3 is 0 Å². The summed E-state index contributed by atoms with van der Waals surface area (Å²) < 4.78 is 42.4. The lowest BCUT2D eigenvalue weighted by atomic mass is 9.85. The highest BCUT2D eigenvalue weighted by Gasteiger charge is 2.27. The third kappa shape index (κ3) is 5.72. The molecule has 1 aliphatic rings. The molecule has 4 rings (SSSR count). The Bertz CT molecular complexity index is 1280. The number of benzene rings is 3. The smallest absolute Gasteiger partial charge is 0.207 e. The number of allylic oxidation sites excluding steroid dienone is 2. The van der Waals surface area contributed by atoms with E-state index >= 15 is 0 Å². The lowest BCUT2D eigenvalue weighted by Crippen LogP contribution is -2.32. The Morgan fingerprint density at radius 1 is 0.912 bits per heavy atom. The fourth-order valence-corrected chi connectivity index (χ4v) is 5.69. The van der Waals surface area contributed by atoms with Crippen LogP contribution in [0.3, 0.4) is 0 Å². The van der Waals surface area contributed by atoms with Gasteiger partial charge in [-0.05, 0) is 72.2 Å². The molecule has 3 aromatic rings. The first-order valence-electron chi connectivity index (χ1n) is 11.6. The van der Waals surface area contributed by atoms with Crippen molar-refractivity contribution in [2.75, 3.05) is 6.54 Å². The third-order valence-corrected chi connectivity index (χ3v) is 8.06. The maximum atomic E-state index is 13.7. The van der Waals surface area contributed by atoms with Crippen molar-refractivity contribution in [3.05, 3.63) is 119 Å². The van der Waals surface area contributed by atoms with Crippen LogP contribution in [0.25, 0.3) is 5.57 Å². The monoisotopic (exact) mass is 475 g/mol. The highest BCUT2D eigenvalue weighted by molar-refractivity contribution is 7.89. The highest BCUT2D eigenvalue weighted by Crippen LogP contribution is 2.33. The predicted molar refractivity (Wildman–Crippen MR) is 136 cm³/mol. The zero-order chi connectivity index (χ0) is 24.1. The van der Waals surface area contributed by atoms with Crippen molar-refractivity contribution in [1.82, 2.24) is 4.31 Å². The van der Waals surface area contributed by atoms with Gasteiger partial charge in [0.05, 0.1) is 4.90 Å². The minimum absolute atomic E-state index is 0.166. The number of rotatable bonds is 8. The molecule has 5 heteroatoms. The van der Waals surface area contributed by atoms with Crippen molar-refractivity contribution >= 4 is 15.6 Å². The molecule has 1 unspecified atom stereocenters. The number of hydrogen-bond donors (Lipinski definition) is 0. The third-order valence-electron chi connectivity index (χ3n) is 6.25. The van der Waals surface area contributed by atoms with Crippen LogP contribution < -0.4 is 0 Å². The van der Waals surface area contributed by atoms with E-state index < -0.39 is 10.0 Å². The van der Waals surface area contributed by atoms with E-state index in [0.717, 1.165) is 35.1 Å². The molecule has 176 valence electrons. The average Bonchev–Trinajstić information content (AvgIpc) is 2.85. The van der Waals surface area contributed by atoms with Crippen molar-refractivity contribution < 1.29 is 12.8 Å². The molecule has 0 amide bonds. The number of aryl methyl sites for hydroxylation is 1. The van der Waals surface area contributed by atoms with Crippen LogP contribution >= 0.6 is 0 Å². The Labute approximate surface area is 202 Å². The molecule has 0 saturated heterocycles. The molecule has 0 saturated carbocycles. The molecule has 0 fully saturated rings. The fourth-order valence-electron chi connectivity index (χ4n) is 4.27. The summed E-state index contributed by atoms with van der Waals surface area (Å²) in [6.07, 6.45) is 6.25. The quantitative estimate of drug-likeness (QED) is 0.361. The summed E-state index contributed by atoms with van der Waals surface area (Å²) in [4.78, 5) is 0.260. The Morgan fingerprint density at radius 2 is 1.59 bits per heavy atom. The van der Waals surface area contributed by atoms with Gasteiger partial charge in [0.15, 0.2) is 0 Å². The molecule has 0 heterocycles. The van der Waals surface area contributed by atoms with Crippen molar-refractivity contribution in [2.45, 2.75) is 38.1 Å². The first kappa shape index (κ1) is 24.1. The molecule has 0 aromatic heterocycles. The highest BCUT2D eigenvalue weighted by atomic mass is 32.2. The second-order valence-electron chi connectivity index (χ2n) is 8.86. The Morgan fingerprint density at radius 3 is 2.24 bits per heavy atom. The van der Waals surface area contributed by atoms with E-state index in [9.17, 15) is 12.8 Å². The summed E-state index contributed by atoms with van der Waals surface area (Å²) in [5.41, 5.74) is 5.11. The number of halogens is 1. The first-order chi connectivity index (χ1) is 16.3. The minimum Gasteiger partial charge on any atom is -0.207 e. The van der Waals surface area contributed by atoms with Crippen molar-refractivity contribution in [3.63, 3.8) is 0 Å². The summed E-state index contributed by atoms with van der Waals surface area (Å²) in [5.74, 6) is 0.0119. The summed E-state index contributed by atoms with van der Waals surface area (Å²) in [5, 5.41) is 0. The molecule has 0 radical (unpaired) electrons. The van der Waals surface area contributed by atoms with E-state index in [1.165, 1.54) is 22.0 Å². The molecule has 34 heavy (non-hydrogen) atoms. The molecule has 0 bridgehead atoms. The van der Waals surface area contributed by atoms with Crippen molar-refractivity contribution in [3.8, 4) is 0 Å². The molecule has 3 aromatic carbocycles. The first-order valence-corrected chi connectivity index (χ1v) is 13.1. The molecule has 1 aliphatic carbocycles. The summed E-state index contributed by atoms with van der Waals surface area (Å²) in [7, 11) is -3.76. The van der Waals surface area contributed by atoms with E-state index in [-0.39, 0.29) is 23.8 Å². The molecule has 0 aliphatic heterocycles. The van der Waals surface area contributed by atoms with Crippen LogP contribution in [0.15, 0.2) is 101 Å². The molecule has 1 atom stereocenters. The lowest BCUT2D eigenvalue weighted by molar-refractivity contribution is 0.431. The maximum Gasteiger partial charge on any atom is 0.243 e. The van der Waals surface area contributed by atoms with Gasteiger partial charge in [-0.1, -0.05) is 79.2 Å². The van der Waals surface area contributed by atoms with Crippen LogP contribution in [0.4, 0.5) is 4.39 Å². The van der Waals surface area contributed by atoms with Crippen LogP contribution in [0, 0.1) is 18.7 Å². The van der Waals surface area contributed by atoms with E-state index in [1.807, 2.05) is 37.3 Å². The second-order valence-corrected chi connectivity index (χ2v) is 10.8. The Kier molecular flexibility index (Phi) is 7.44. The molecular weight excluding hydrogens is 445 g/mol. The molecule has 0 N–H and O–H groups in total. The van der Waals surface area contributed by atoms with Gasteiger partial charge in [-0.25, -0.2) is 12.8 Å². The van der Waals surface area contributed by atoms with Crippen LogP contribution in [0.2, 0.25) is 0 Å². The zero-order valence-electron chi connectivity index (χ0n) is 19.6. The topological polar surface area (TPSA) is 37.4 Å². The van der Waals surface area contributed by atoms with Gasteiger partial charge in [0.1, 0.15) is 5.82 Å². The fraction of sp³-hybridized carbons (Fsp3) is 0.241. The van der Waals surface area contributed by atoms with Crippen LogP contribution in [-0.4, -0.2) is 19.3 Å². The van der Waals surface area contributed by atoms with Gasteiger partial charge in [-0.15, -0.1) is 0 Å². The van der Waals surface area contributed by atoms with Gasteiger partial charge in [0.25, 0.3) is 0 Å². The lowest BCUT2D eigenvalue weighted by Gasteiger charge is -2.27. The largest absolute Gasteiger partial charge is 0.243 e. The maximum absolute atomic E-state index is 13.7. The van der Waals surface area contributed by atoms with Gasteiger partial charge in [0, 0.05) is 13.1 Å². The summed E-state index contributed by atoms with van der Waals surface area (Å²) in [6, 6.07) is 23.2. The molecule has 0 spiro atoms. The predicted octanol–water partition coefficient (Wildman–Crippen LogP) is 6.76. The number of hydrogen-bond acceptors (Lipinski definition) is 2. The van der Waals surface area contributed by atoms with Crippen LogP contribution in [0.5, 0.6) is 0 Å². The van der Waals surface area contributed by atoms with E-state index in [1.54, 1.807) is 24.3 Å². The Hall–Kier alpha value is -3.02. The standard InChI is InChI=1S/C29H30FNO2S/c1-3-23-17-25(19-27(18-23)26-7-5-4-6-8-26)21-31(20-24-11-13-28(30)14-12-24)34(32,33)29-15-9-22(2)10-16-29/h4-17,19,23H,3,18,20-21H2,1-2H3. The van der Waals surface area contributed by atoms with Crippen molar-refractivity contribution in [2.24, 2.45) is 5.92 Å². The van der Waals surface area contributed by atoms with E-state index in [4.69, 9.17) is 0 Å². The molecule has 3 nitrogen and oxygen atoms in total. The van der Waals surface area contributed by atoms with Crippen molar-refractivity contribution in [1.29, 1.82) is 0 Å². The molecular formula is C29H30FNO2S.